The molecule has 0 bridgehead atoms. The van der Waals surface area contributed by atoms with Crippen LogP contribution in [-0.2, 0) is 5.54 Å². The monoisotopic (exact) mass is 289 g/mol. The van der Waals surface area contributed by atoms with Gasteiger partial charge in [0, 0.05) is 17.2 Å². The fourth-order valence-electron chi connectivity index (χ4n) is 1.77. The summed E-state index contributed by atoms with van der Waals surface area (Å²) in [7, 11) is 3.00. The van der Waals surface area contributed by atoms with E-state index in [0.29, 0.717) is 21.5 Å². The van der Waals surface area contributed by atoms with Crippen LogP contribution < -0.4 is 15.2 Å². The van der Waals surface area contributed by atoms with Crippen LogP contribution in [0.5, 0.6) is 11.5 Å². The van der Waals surface area contributed by atoms with Gasteiger partial charge in [0.2, 0.25) is 0 Å². The van der Waals surface area contributed by atoms with Crippen molar-refractivity contribution in [3.8, 4) is 11.5 Å². The van der Waals surface area contributed by atoms with Gasteiger partial charge in [-0.05, 0) is 28.8 Å². The van der Waals surface area contributed by atoms with Crippen LogP contribution in [0.25, 0.3) is 0 Å². The third-order valence-corrected chi connectivity index (χ3v) is 3.62. The number of nitrogens with two attached hydrogens (primary N) is 1. The Labute approximate surface area is 102 Å². The molecule has 88 valence electrons. The van der Waals surface area contributed by atoms with E-state index in [1.807, 2.05) is 0 Å². The molecule has 0 atom stereocenters. The van der Waals surface area contributed by atoms with Crippen molar-refractivity contribution in [2.75, 3.05) is 14.2 Å². The molecular formula is C11H13BrFNO2. The average molecular weight is 290 g/mol. The maximum Gasteiger partial charge on any atom is 0.167 e. The van der Waals surface area contributed by atoms with Crippen molar-refractivity contribution < 1.29 is 13.9 Å². The standard InChI is InChI=1S/C11H13BrFNO2/c1-15-7-5-6(13)9(12)8(10(7)16-2)11(14)3-4-11/h5H,3-4,14H2,1-2H3. The van der Waals surface area contributed by atoms with Gasteiger partial charge in [-0.15, -0.1) is 0 Å². The van der Waals surface area contributed by atoms with Crippen molar-refractivity contribution >= 4 is 15.9 Å². The van der Waals surface area contributed by atoms with Gasteiger partial charge in [0.05, 0.1) is 18.7 Å². The number of halogens is 2. The molecule has 1 aliphatic rings. The van der Waals surface area contributed by atoms with E-state index >= 15 is 0 Å². The lowest BCUT2D eigenvalue weighted by molar-refractivity contribution is 0.345. The van der Waals surface area contributed by atoms with Crippen LogP contribution in [0, 0.1) is 5.82 Å². The molecule has 0 saturated heterocycles. The minimum absolute atomic E-state index is 0.366. The van der Waals surface area contributed by atoms with Crippen molar-refractivity contribution in [2.24, 2.45) is 5.73 Å². The first-order valence-electron chi connectivity index (χ1n) is 4.93. The van der Waals surface area contributed by atoms with Gasteiger partial charge in [-0.3, -0.25) is 0 Å². The van der Waals surface area contributed by atoms with Crippen LogP contribution in [0.1, 0.15) is 18.4 Å². The van der Waals surface area contributed by atoms with E-state index in [2.05, 4.69) is 15.9 Å². The largest absolute Gasteiger partial charge is 0.493 e. The van der Waals surface area contributed by atoms with Gasteiger partial charge in [-0.1, -0.05) is 0 Å². The fraction of sp³-hybridized carbons (Fsp3) is 0.455. The van der Waals surface area contributed by atoms with Gasteiger partial charge in [0.15, 0.2) is 11.5 Å². The van der Waals surface area contributed by atoms with E-state index in [-0.39, 0.29) is 5.82 Å². The van der Waals surface area contributed by atoms with Crippen molar-refractivity contribution in [1.29, 1.82) is 0 Å². The average Bonchev–Trinajstić information content (AvgIpc) is 3.00. The zero-order valence-electron chi connectivity index (χ0n) is 9.14. The summed E-state index contributed by atoms with van der Waals surface area (Å²) in [6.45, 7) is 0. The van der Waals surface area contributed by atoms with Gasteiger partial charge < -0.3 is 15.2 Å². The Hall–Kier alpha value is -0.810. The third kappa shape index (κ3) is 1.68. The number of hydrogen-bond acceptors (Lipinski definition) is 3. The van der Waals surface area contributed by atoms with Crippen molar-refractivity contribution in [1.82, 2.24) is 0 Å². The highest BCUT2D eigenvalue weighted by atomic mass is 79.9. The summed E-state index contributed by atoms with van der Waals surface area (Å²) in [6, 6.07) is 1.29. The van der Waals surface area contributed by atoms with Crippen LogP contribution in [0.4, 0.5) is 4.39 Å². The van der Waals surface area contributed by atoms with Gasteiger partial charge >= 0.3 is 0 Å². The molecule has 1 saturated carbocycles. The van der Waals surface area contributed by atoms with Gasteiger partial charge in [0.1, 0.15) is 5.82 Å². The fourth-order valence-corrected chi connectivity index (χ4v) is 2.46. The molecule has 5 heteroatoms. The molecule has 0 spiro atoms. The number of benzene rings is 1. The van der Waals surface area contributed by atoms with E-state index in [4.69, 9.17) is 15.2 Å². The van der Waals surface area contributed by atoms with Crippen LogP contribution in [-0.4, -0.2) is 14.2 Å². The van der Waals surface area contributed by atoms with Crippen LogP contribution in [0.3, 0.4) is 0 Å². The number of methoxy groups -OCH3 is 2. The molecule has 1 aromatic rings. The number of rotatable bonds is 3. The number of hydrogen-bond donors (Lipinski definition) is 1. The van der Waals surface area contributed by atoms with E-state index in [9.17, 15) is 4.39 Å². The molecule has 1 fully saturated rings. The second-order valence-electron chi connectivity index (χ2n) is 3.94. The highest BCUT2D eigenvalue weighted by Gasteiger charge is 2.45. The van der Waals surface area contributed by atoms with E-state index in [0.717, 1.165) is 12.8 Å². The molecular weight excluding hydrogens is 277 g/mol. The smallest absolute Gasteiger partial charge is 0.167 e. The molecule has 0 unspecified atom stereocenters. The maximum absolute atomic E-state index is 13.7. The summed E-state index contributed by atoms with van der Waals surface area (Å²) in [6.07, 6.45) is 1.66. The van der Waals surface area contributed by atoms with Crippen LogP contribution in [0.2, 0.25) is 0 Å². The van der Waals surface area contributed by atoms with E-state index < -0.39 is 5.54 Å². The Bertz CT molecular complexity index is 432. The second kappa shape index (κ2) is 3.89. The lowest BCUT2D eigenvalue weighted by Gasteiger charge is -2.19. The molecule has 1 aliphatic carbocycles. The highest BCUT2D eigenvalue weighted by molar-refractivity contribution is 9.10. The first-order chi connectivity index (χ1) is 7.53. The summed E-state index contributed by atoms with van der Waals surface area (Å²) in [5, 5.41) is 0. The van der Waals surface area contributed by atoms with Crippen molar-refractivity contribution in [3.05, 3.63) is 21.9 Å². The normalized spacial score (nSPS) is 17.1. The summed E-state index contributed by atoms with van der Waals surface area (Å²) >= 11 is 3.22. The van der Waals surface area contributed by atoms with E-state index in [1.54, 1.807) is 0 Å². The zero-order chi connectivity index (χ0) is 11.9. The van der Waals surface area contributed by atoms with Crippen molar-refractivity contribution in [3.63, 3.8) is 0 Å². The van der Waals surface area contributed by atoms with E-state index in [1.165, 1.54) is 20.3 Å². The Morgan fingerprint density at radius 2 is 2.00 bits per heavy atom. The Morgan fingerprint density at radius 3 is 2.44 bits per heavy atom. The Balaban J connectivity index is 2.67. The third-order valence-electron chi connectivity index (χ3n) is 2.85. The maximum atomic E-state index is 13.7. The molecule has 0 amide bonds. The molecule has 3 nitrogen and oxygen atoms in total. The summed E-state index contributed by atoms with van der Waals surface area (Å²) in [5.41, 5.74) is 6.28. The summed E-state index contributed by atoms with van der Waals surface area (Å²) in [5.74, 6) is 0.495. The summed E-state index contributed by atoms with van der Waals surface area (Å²) in [4.78, 5) is 0. The van der Waals surface area contributed by atoms with Crippen LogP contribution >= 0.6 is 15.9 Å². The predicted octanol–water partition coefficient (Wildman–Crippen LogP) is 2.55. The second-order valence-corrected chi connectivity index (χ2v) is 4.73. The Kier molecular flexibility index (Phi) is 2.84. The first-order valence-corrected chi connectivity index (χ1v) is 5.72. The predicted molar refractivity (Wildman–Crippen MR) is 62.3 cm³/mol. The highest BCUT2D eigenvalue weighted by Crippen LogP contribution is 2.52. The SMILES string of the molecule is COc1cc(F)c(Br)c(C2(N)CC2)c1OC. The molecule has 0 radical (unpaired) electrons. The molecule has 2 rings (SSSR count). The van der Waals surface area contributed by atoms with Gasteiger partial charge in [-0.25, -0.2) is 4.39 Å². The molecule has 0 heterocycles. The first kappa shape index (κ1) is 11.7. The quantitative estimate of drug-likeness (QED) is 0.930. The van der Waals surface area contributed by atoms with Crippen LogP contribution in [0.15, 0.2) is 10.5 Å². The lowest BCUT2D eigenvalue weighted by atomic mass is 10.0. The molecule has 0 aliphatic heterocycles. The molecule has 16 heavy (non-hydrogen) atoms. The zero-order valence-corrected chi connectivity index (χ0v) is 10.7. The molecule has 0 aromatic heterocycles. The lowest BCUT2D eigenvalue weighted by Crippen LogP contribution is -2.21. The van der Waals surface area contributed by atoms with Gasteiger partial charge in [0.25, 0.3) is 0 Å². The summed E-state index contributed by atoms with van der Waals surface area (Å²) < 4.78 is 24.4. The molecule has 2 N–H and O–H groups in total. The van der Waals surface area contributed by atoms with Gasteiger partial charge in [-0.2, -0.15) is 0 Å². The van der Waals surface area contributed by atoms with Crippen molar-refractivity contribution in [2.45, 2.75) is 18.4 Å². The Morgan fingerprint density at radius 1 is 1.38 bits per heavy atom. The molecule has 1 aromatic carbocycles. The number of ether oxygens (including phenoxy) is 2. The minimum atomic E-state index is -0.487. The minimum Gasteiger partial charge on any atom is -0.493 e. The topological polar surface area (TPSA) is 44.5 Å².